The second-order valence-corrected chi connectivity index (χ2v) is 3.97. The van der Waals surface area contributed by atoms with Gasteiger partial charge in [-0.25, -0.2) is 0 Å². The van der Waals surface area contributed by atoms with Gasteiger partial charge in [-0.15, -0.1) is 6.07 Å². The Morgan fingerprint density at radius 3 is 1.47 bits per heavy atom. The fourth-order valence-corrected chi connectivity index (χ4v) is 1.84. The van der Waals surface area contributed by atoms with Gasteiger partial charge in [0.15, 0.2) is 0 Å². The number of hydrogen-bond donors (Lipinski definition) is 0. The van der Waals surface area contributed by atoms with Crippen LogP contribution in [0.3, 0.4) is 0 Å². The number of rotatable bonds is 2. The van der Waals surface area contributed by atoms with Crippen molar-refractivity contribution in [3.05, 3.63) is 73.1 Å². The molecule has 1 heterocycles. The van der Waals surface area contributed by atoms with Gasteiger partial charge in [0.2, 0.25) is 0 Å². The summed E-state index contributed by atoms with van der Waals surface area (Å²) < 4.78 is 0. The summed E-state index contributed by atoms with van der Waals surface area (Å²) in [4.78, 5) is 8.40. The minimum Gasteiger partial charge on any atom is -0.366 e. The van der Waals surface area contributed by atoms with Crippen molar-refractivity contribution in [2.75, 3.05) is 0 Å². The molecule has 3 rings (SSSR count). The summed E-state index contributed by atoms with van der Waals surface area (Å²) in [5.41, 5.74) is 3.94. The molecule has 0 aliphatic rings. The van der Waals surface area contributed by atoms with Crippen molar-refractivity contribution in [1.82, 2.24) is 9.97 Å². The number of hydrogen-bond acceptors (Lipinski definition) is 2. The molecule has 0 amide bonds. The van der Waals surface area contributed by atoms with Gasteiger partial charge in [0.1, 0.15) is 0 Å². The molecule has 0 unspecified atom stereocenters. The zero-order chi connectivity index (χ0) is 12.2. The van der Waals surface area contributed by atoms with E-state index in [2.05, 4.69) is 16.3 Å². The smallest absolute Gasteiger partial charge is 0.0225 e. The first-order valence-corrected chi connectivity index (χ1v) is 5.79. The van der Waals surface area contributed by atoms with Gasteiger partial charge >= 0.3 is 0 Å². The Morgan fingerprint density at radius 2 is 1.05 bits per heavy atom. The van der Waals surface area contributed by atoms with Crippen molar-refractivity contribution in [2.24, 2.45) is 0 Å². The molecule has 1 radical (unpaired) electrons. The van der Waals surface area contributed by atoms with Crippen molar-refractivity contribution >= 4 is 0 Å². The molecule has 2 nitrogen and oxygen atoms in total. The van der Waals surface area contributed by atoms with Crippen LogP contribution in [0.5, 0.6) is 0 Å². The van der Waals surface area contributed by atoms with E-state index in [9.17, 15) is 0 Å². The van der Waals surface area contributed by atoms with Crippen LogP contribution in [0.2, 0.25) is 0 Å². The van der Waals surface area contributed by atoms with Crippen LogP contribution in [0.1, 0.15) is 0 Å². The molecule has 0 fully saturated rings. The van der Waals surface area contributed by atoms with Crippen molar-refractivity contribution in [3.8, 4) is 22.5 Å². The molecular weight excluding hydrogens is 412 g/mol. The summed E-state index contributed by atoms with van der Waals surface area (Å²) in [5.74, 6) is 0. The van der Waals surface area contributed by atoms with Gasteiger partial charge in [-0.05, 0) is 11.4 Å². The van der Waals surface area contributed by atoms with Gasteiger partial charge in [0.25, 0.3) is 0 Å². The van der Waals surface area contributed by atoms with E-state index in [-0.39, 0.29) is 20.1 Å². The average Bonchev–Trinajstić information content (AvgIpc) is 2.49. The number of aromatic nitrogens is 2. The Morgan fingerprint density at radius 1 is 0.632 bits per heavy atom. The van der Waals surface area contributed by atoms with Gasteiger partial charge in [-0.2, -0.15) is 0 Å². The van der Waals surface area contributed by atoms with Crippen LogP contribution in [0.25, 0.3) is 22.5 Å². The van der Waals surface area contributed by atoms with E-state index in [0.717, 1.165) is 22.5 Å². The van der Waals surface area contributed by atoms with Crippen LogP contribution in [0.4, 0.5) is 0 Å². The Bertz CT molecular complexity index is 584. The van der Waals surface area contributed by atoms with E-state index in [1.807, 2.05) is 66.7 Å². The Labute approximate surface area is 125 Å². The van der Waals surface area contributed by atoms with Crippen molar-refractivity contribution in [3.63, 3.8) is 0 Å². The van der Waals surface area contributed by atoms with Crippen molar-refractivity contribution in [2.45, 2.75) is 0 Å². The van der Waals surface area contributed by atoms with E-state index in [1.54, 1.807) is 0 Å². The predicted octanol–water partition coefficient (Wildman–Crippen LogP) is 3.61. The largest absolute Gasteiger partial charge is 0.366 e. The van der Waals surface area contributed by atoms with Gasteiger partial charge < -0.3 is 9.97 Å². The molecular formula is C16H11IrN2-. The fourth-order valence-electron chi connectivity index (χ4n) is 1.84. The maximum atomic E-state index is 4.20. The molecule has 19 heavy (non-hydrogen) atoms. The molecule has 1 aromatic heterocycles. The monoisotopic (exact) mass is 424 g/mol. The van der Waals surface area contributed by atoms with E-state index < -0.39 is 0 Å². The Balaban J connectivity index is 0.00000133. The molecule has 3 aromatic rings. The van der Waals surface area contributed by atoms with E-state index in [0.29, 0.717) is 0 Å². The van der Waals surface area contributed by atoms with Crippen LogP contribution in [0, 0.1) is 6.33 Å². The number of benzene rings is 2. The first-order chi connectivity index (χ1) is 8.93. The molecule has 0 saturated heterocycles. The molecule has 95 valence electrons. The summed E-state index contributed by atoms with van der Waals surface area (Å²) in [6.07, 6.45) is 2.73. The molecule has 3 heteroatoms. The Kier molecular flexibility index (Phi) is 4.56. The second kappa shape index (κ2) is 6.37. The van der Waals surface area contributed by atoms with Crippen molar-refractivity contribution < 1.29 is 20.1 Å². The van der Waals surface area contributed by atoms with Crippen LogP contribution < -0.4 is 0 Å². The van der Waals surface area contributed by atoms with E-state index >= 15 is 0 Å². The standard InChI is InChI=1S/C16H11N2.Ir/c1-3-7-13(8-4-1)15-11-16(18-12-17-15)14-9-5-2-6-10-14;/h1-11H;/q-1;. The molecule has 0 atom stereocenters. The maximum Gasteiger partial charge on any atom is 0.0225 e. The summed E-state index contributed by atoms with van der Waals surface area (Å²) in [6.45, 7) is 0. The molecule has 2 aromatic carbocycles. The molecule has 0 N–H and O–H groups in total. The molecule has 0 aliphatic carbocycles. The Hall–Kier alpha value is -1.83. The minimum absolute atomic E-state index is 0. The van der Waals surface area contributed by atoms with Crippen LogP contribution in [-0.4, -0.2) is 9.97 Å². The van der Waals surface area contributed by atoms with Gasteiger partial charge in [-0.3, -0.25) is 0 Å². The fraction of sp³-hybridized carbons (Fsp3) is 0. The van der Waals surface area contributed by atoms with Gasteiger partial charge in [0, 0.05) is 26.4 Å². The first kappa shape index (κ1) is 13.6. The van der Waals surface area contributed by atoms with Crippen LogP contribution >= 0.6 is 0 Å². The topological polar surface area (TPSA) is 25.8 Å². The summed E-state index contributed by atoms with van der Waals surface area (Å²) >= 11 is 0. The zero-order valence-electron chi connectivity index (χ0n) is 10.1. The molecule has 0 saturated carbocycles. The van der Waals surface area contributed by atoms with Crippen molar-refractivity contribution in [1.29, 1.82) is 0 Å². The molecule has 0 spiro atoms. The molecule has 0 bridgehead atoms. The predicted molar refractivity (Wildman–Crippen MR) is 71.7 cm³/mol. The quantitative estimate of drug-likeness (QED) is 0.589. The zero-order valence-corrected chi connectivity index (χ0v) is 12.5. The summed E-state index contributed by atoms with van der Waals surface area (Å²) in [6, 6.07) is 22.1. The van der Waals surface area contributed by atoms with Gasteiger partial charge in [-0.1, -0.05) is 71.8 Å². The summed E-state index contributed by atoms with van der Waals surface area (Å²) in [5, 5.41) is 0. The number of nitrogens with zero attached hydrogens (tertiary/aromatic N) is 2. The van der Waals surface area contributed by atoms with E-state index in [4.69, 9.17) is 0 Å². The third-order valence-electron chi connectivity index (χ3n) is 2.75. The summed E-state index contributed by atoms with van der Waals surface area (Å²) in [7, 11) is 0. The second-order valence-electron chi connectivity index (χ2n) is 3.97. The van der Waals surface area contributed by atoms with Crippen LogP contribution in [-0.2, 0) is 20.1 Å². The SMILES string of the molecule is [Ir].[c-]1nc(-c2ccccc2)cc(-c2ccccc2)n1. The maximum absolute atomic E-state index is 4.20. The van der Waals surface area contributed by atoms with Crippen LogP contribution in [0.15, 0.2) is 66.7 Å². The average molecular weight is 423 g/mol. The third-order valence-corrected chi connectivity index (χ3v) is 2.75. The van der Waals surface area contributed by atoms with E-state index in [1.165, 1.54) is 0 Å². The normalized spacial score (nSPS) is 9.68. The minimum atomic E-state index is 0. The third kappa shape index (κ3) is 3.14. The van der Waals surface area contributed by atoms with Gasteiger partial charge in [0.05, 0.1) is 0 Å². The first-order valence-electron chi connectivity index (χ1n) is 5.79. The molecule has 0 aliphatic heterocycles.